The van der Waals surface area contributed by atoms with E-state index in [1.54, 1.807) is 39.5 Å². The maximum atomic E-state index is 12.9. The maximum Gasteiger partial charge on any atom is 0.257 e. The molecule has 138 valence electrons. The van der Waals surface area contributed by atoms with Gasteiger partial charge in [-0.2, -0.15) is 0 Å². The molecule has 2 aromatic carbocycles. The summed E-state index contributed by atoms with van der Waals surface area (Å²) < 4.78 is 15.9. The van der Waals surface area contributed by atoms with E-state index in [9.17, 15) is 4.79 Å². The van der Waals surface area contributed by atoms with E-state index >= 15 is 0 Å². The van der Waals surface area contributed by atoms with Crippen LogP contribution >= 0.6 is 0 Å². The summed E-state index contributed by atoms with van der Waals surface area (Å²) >= 11 is 0. The number of carbonyl (C=O) groups is 1. The summed E-state index contributed by atoms with van der Waals surface area (Å²) in [6.45, 7) is 2.84. The number of methoxy groups -OCH3 is 3. The van der Waals surface area contributed by atoms with Gasteiger partial charge in [0.25, 0.3) is 5.91 Å². The molecular weight excluding hydrogens is 332 g/mol. The Bertz CT molecular complexity index is 770. The van der Waals surface area contributed by atoms with Crippen LogP contribution in [0.4, 0.5) is 5.69 Å². The van der Waals surface area contributed by atoms with Gasteiger partial charge >= 0.3 is 0 Å². The Kier molecular flexibility index (Phi) is 5.51. The SMILES string of the molecule is COc1cccc(N2CCN(C(=O)c3cc(OC)ccc3OC)CC2)c1. The van der Waals surface area contributed by atoms with E-state index in [2.05, 4.69) is 11.0 Å². The van der Waals surface area contributed by atoms with Crippen LogP contribution in [0.2, 0.25) is 0 Å². The number of amides is 1. The molecule has 6 heteroatoms. The first kappa shape index (κ1) is 17.9. The van der Waals surface area contributed by atoms with Crippen molar-refractivity contribution < 1.29 is 19.0 Å². The lowest BCUT2D eigenvalue weighted by atomic mass is 10.1. The Balaban J connectivity index is 1.70. The van der Waals surface area contributed by atoms with Gasteiger partial charge in [-0.25, -0.2) is 0 Å². The highest BCUT2D eigenvalue weighted by Gasteiger charge is 2.25. The van der Waals surface area contributed by atoms with Gasteiger partial charge in [0.15, 0.2) is 0 Å². The van der Waals surface area contributed by atoms with Crippen LogP contribution in [0.3, 0.4) is 0 Å². The number of anilines is 1. The molecule has 0 spiro atoms. The van der Waals surface area contributed by atoms with Crippen molar-refractivity contribution in [2.45, 2.75) is 0 Å². The van der Waals surface area contributed by atoms with Crippen molar-refractivity contribution in [1.82, 2.24) is 4.90 Å². The third kappa shape index (κ3) is 3.69. The number of rotatable bonds is 5. The average molecular weight is 356 g/mol. The zero-order valence-electron chi connectivity index (χ0n) is 15.4. The lowest BCUT2D eigenvalue weighted by Gasteiger charge is -2.36. The summed E-state index contributed by atoms with van der Waals surface area (Å²) in [5.74, 6) is 2.00. The second kappa shape index (κ2) is 7.99. The minimum absolute atomic E-state index is 0.0361. The Hall–Kier alpha value is -2.89. The fourth-order valence-corrected chi connectivity index (χ4v) is 3.13. The summed E-state index contributed by atoms with van der Waals surface area (Å²) in [5.41, 5.74) is 1.64. The Morgan fingerprint density at radius 2 is 1.54 bits per heavy atom. The summed E-state index contributed by atoms with van der Waals surface area (Å²) in [6, 6.07) is 13.3. The van der Waals surface area contributed by atoms with Gasteiger partial charge in [-0.05, 0) is 30.3 Å². The summed E-state index contributed by atoms with van der Waals surface area (Å²) in [4.78, 5) is 17.1. The van der Waals surface area contributed by atoms with Crippen LogP contribution in [0.1, 0.15) is 10.4 Å². The van der Waals surface area contributed by atoms with Crippen LogP contribution in [0.5, 0.6) is 17.2 Å². The van der Waals surface area contributed by atoms with Crippen LogP contribution in [0.15, 0.2) is 42.5 Å². The molecule has 6 nitrogen and oxygen atoms in total. The molecule has 1 amide bonds. The monoisotopic (exact) mass is 356 g/mol. The lowest BCUT2D eigenvalue weighted by Crippen LogP contribution is -2.48. The second-order valence-electron chi connectivity index (χ2n) is 6.05. The number of piperazine rings is 1. The fourth-order valence-electron chi connectivity index (χ4n) is 3.13. The predicted molar refractivity (Wildman–Crippen MR) is 101 cm³/mol. The molecular formula is C20H24N2O4. The molecule has 26 heavy (non-hydrogen) atoms. The van der Waals surface area contributed by atoms with Crippen molar-refractivity contribution >= 4 is 11.6 Å². The molecule has 1 fully saturated rings. The van der Waals surface area contributed by atoms with Gasteiger partial charge in [-0.15, -0.1) is 0 Å². The fraction of sp³-hybridized carbons (Fsp3) is 0.350. The highest BCUT2D eigenvalue weighted by atomic mass is 16.5. The summed E-state index contributed by atoms with van der Waals surface area (Å²) in [5, 5.41) is 0. The molecule has 1 aliphatic heterocycles. The van der Waals surface area contributed by atoms with Crippen LogP contribution in [-0.4, -0.2) is 58.3 Å². The second-order valence-corrected chi connectivity index (χ2v) is 6.05. The van der Waals surface area contributed by atoms with E-state index in [1.165, 1.54) is 0 Å². The van der Waals surface area contributed by atoms with E-state index in [0.29, 0.717) is 30.2 Å². The first-order valence-electron chi connectivity index (χ1n) is 8.56. The van der Waals surface area contributed by atoms with Gasteiger partial charge in [0, 0.05) is 37.9 Å². The average Bonchev–Trinajstić information content (AvgIpc) is 2.72. The molecule has 2 aromatic rings. The molecule has 0 saturated carbocycles. The molecule has 0 aromatic heterocycles. The highest BCUT2D eigenvalue weighted by molar-refractivity contribution is 5.97. The number of benzene rings is 2. The third-order valence-electron chi connectivity index (χ3n) is 4.62. The van der Waals surface area contributed by atoms with Gasteiger partial charge < -0.3 is 24.0 Å². The van der Waals surface area contributed by atoms with Crippen LogP contribution in [-0.2, 0) is 0 Å². The van der Waals surface area contributed by atoms with Crippen molar-refractivity contribution in [2.24, 2.45) is 0 Å². The Labute approximate surface area is 153 Å². The van der Waals surface area contributed by atoms with E-state index in [0.717, 1.165) is 24.5 Å². The number of ether oxygens (including phenoxy) is 3. The van der Waals surface area contributed by atoms with Gasteiger partial charge in [-0.3, -0.25) is 4.79 Å². The molecule has 0 aliphatic carbocycles. The van der Waals surface area contributed by atoms with Crippen molar-refractivity contribution in [1.29, 1.82) is 0 Å². The molecule has 3 rings (SSSR count). The number of hydrogen-bond acceptors (Lipinski definition) is 5. The molecule has 0 N–H and O–H groups in total. The van der Waals surface area contributed by atoms with Gasteiger partial charge in [0.2, 0.25) is 0 Å². The van der Waals surface area contributed by atoms with Crippen LogP contribution < -0.4 is 19.1 Å². The minimum atomic E-state index is -0.0361. The quantitative estimate of drug-likeness (QED) is 0.824. The maximum absolute atomic E-state index is 12.9. The molecule has 1 saturated heterocycles. The topological polar surface area (TPSA) is 51.2 Å². The molecule has 1 aliphatic rings. The standard InChI is InChI=1S/C20H24N2O4/c1-24-16-6-4-5-15(13-16)21-9-11-22(12-10-21)20(23)18-14-17(25-2)7-8-19(18)26-3/h4-8,13-14H,9-12H2,1-3H3. The highest BCUT2D eigenvalue weighted by Crippen LogP contribution is 2.27. The van der Waals surface area contributed by atoms with Gasteiger partial charge in [-0.1, -0.05) is 6.07 Å². The Morgan fingerprint density at radius 3 is 2.19 bits per heavy atom. The van der Waals surface area contributed by atoms with Crippen molar-refractivity contribution in [3.8, 4) is 17.2 Å². The van der Waals surface area contributed by atoms with Gasteiger partial charge in [0.05, 0.1) is 26.9 Å². The predicted octanol–water partition coefficient (Wildman–Crippen LogP) is 2.67. The first-order valence-corrected chi connectivity index (χ1v) is 8.56. The number of hydrogen-bond donors (Lipinski definition) is 0. The number of carbonyl (C=O) groups excluding carboxylic acids is 1. The molecule has 0 bridgehead atoms. The van der Waals surface area contributed by atoms with Crippen molar-refractivity contribution in [3.05, 3.63) is 48.0 Å². The van der Waals surface area contributed by atoms with Crippen LogP contribution in [0, 0.1) is 0 Å². The minimum Gasteiger partial charge on any atom is -0.497 e. The summed E-state index contributed by atoms with van der Waals surface area (Å²) in [7, 11) is 4.82. The van der Waals surface area contributed by atoms with E-state index in [1.807, 2.05) is 23.1 Å². The zero-order chi connectivity index (χ0) is 18.5. The van der Waals surface area contributed by atoms with Crippen molar-refractivity contribution in [3.63, 3.8) is 0 Å². The summed E-state index contributed by atoms with van der Waals surface area (Å²) in [6.07, 6.45) is 0. The molecule has 0 unspecified atom stereocenters. The van der Waals surface area contributed by atoms with E-state index in [4.69, 9.17) is 14.2 Å². The van der Waals surface area contributed by atoms with E-state index in [-0.39, 0.29) is 5.91 Å². The van der Waals surface area contributed by atoms with Gasteiger partial charge in [0.1, 0.15) is 17.2 Å². The lowest BCUT2D eigenvalue weighted by molar-refractivity contribution is 0.0743. The van der Waals surface area contributed by atoms with Crippen LogP contribution in [0.25, 0.3) is 0 Å². The molecule has 0 radical (unpaired) electrons. The molecule has 0 atom stereocenters. The number of nitrogens with zero attached hydrogens (tertiary/aromatic N) is 2. The largest absolute Gasteiger partial charge is 0.497 e. The molecule has 1 heterocycles. The smallest absolute Gasteiger partial charge is 0.257 e. The zero-order valence-corrected chi connectivity index (χ0v) is 15.4. The third-order valence-corrected chi connectivity index (χ3v) is 4.62. The normalized spacial score (nSPS) is 14.1. The van der Waals surface area contributed by atoms with Crippen molar-refractivity contribution in [2.75, 3.05) is 52.4 Å². The van der Waals surface area contributed by atoms with E-state index < -0.39 is 0 Å². The Morgan fingerprint density at radius 1 is 0.846 bits per heavy atom. The first-order chi connectivity index (χ1) is 12.7.